The van der Waals surface area contributed by atoms with Crippen molar-refractivity contribution in [3.05, 3.63) is 0 Å². The van der Waals surface area contributed by atoms with Crippen LogP contribution in [-0.2, 0) is 9.59 Å². The smallest absolute Gasteiger partial charge is 0.240 e. The molecule has 0 heterocycles. The lowest BCUT2D eigenvalue weighted by atomic mass is 9.86. The molecule has 5 heteroatoms. The van der Waals surface area contributed by atoms with E-state index in [-0.39, 0.29) is 17.2 Å². The summed E-state index contributed by atoms with van der Waals surface area (Å²) in [7, 11) is 1.78. The van der Waals surface area contributed by atoms with Gasteiger partial charge in [0.25, 0.3) is 0 Å². The number of primary amides is 1. The minimum absolute atomic E-state index is 0.159. The first-order valence-corrected chi connectivity index (χ1v) is 5.44. The minimum atomic E-state index is -0.640. The van der Waals surface area contributed by atoms with Gasteiger partial charge >= 0.3 is 0 Å². The molecule has 4 N–H and O–H groups in total. The van der Waals surface area contributed by atoms with Gasteiger partial charge < -0.3 is 16.4 Å². The molecule has 0 aliphatic rings. The van der Waals surface area contributed by atoms with Gasteiger partial charge in [0.1, 0.15) is 6.04 Å². The molecule has 2 amide bonds. The second-order valence-electron chi connectivity index (χ2n) is 5.17. The Morgan fingerprint density at radius 1 is 1.31 bits per heavy atom. The zero-order valence-electron chi connectivity index (χ0n) is 10.8. The van der Waals surface area contributed by atoms with Crippen molar-refractivity contribution in [3.63, 3.8) is 0 Å². The Morgan fingerprint density at radius 2 is 1.81 bits per heavy atom. The van der Waals surface area contributed by atoms with E-state index < -0.39 is 11.9 Å². The highest BCUT2D eigenvalue weighted by molar-refractivity contribution is 5.88. The molecule has 0 saturated carbocycles. The highest BCUT2D eigenvalue weighted by atomic mass is 16.2. The van der Waals surface area contributed by atoms with Gasteiger partial charge in [-0.15, -0.1) is 0 Å². The van der Waals surface area contributed by atoms with Crippen LogP contribution in [0.4, 0.5) is 0 Å². The van der Waals surface area contributed by atoms with Crippen molar-refractivity contribution < 1.29 is 9.59 Å². The third-order valence-electron chi connectivity index (χ3n) is 2.40. The lowest BCUT2D eigenvalue weighted by Crippen LogP contribution is -2.53. The minimum Gasteiger partial charge on any atom is -0.368 e. The number of carbonyl (C=O) groups excluding carboxylic acids is 2. The van der Waals surface area contributed by atoms with Gasteiger partial charge in [-0.3, -0.25) is 9.59 Å². The van der Waals surface area contributed by atoms with Crippen molar-refractivity contribution in [2.45, 2.75) is 33.7 Å². The van der Waals surface area contributed by atoms with E-state index in [0.29, 0.717) is 6.54 Å². The first-order chi connectivity index (χ1) is 7.20. The summed E-state index contributed by atoms with van der Waals surface area (Å²) in [5.74, 6) is -0.847. The lowest BCUT2D eigenvalue weighted by Gasteiger charge is -2.29. The van der Waals surface area contributed by atoms with Gasteiger partial charge in [0.05, 0.1) is 0 Å². The maximum atomic E-state index is 11.7. The van der Waals surface area contributed by atoms with Crippen molar-refractivity contribution in [1.82, 2.24) is 10.6 Å². The first kappa shape index (κ1) is 14.9. The van der Waals surface area contributed by atoms with Crippen molar-refractivity contribution >= 4 is 11.8 Å². The molecule has 0 saturated heterocycles. The summed E-state index contributed by atoms with van der Waals surface area (Å²) in [5.41, 5.74) is 4.90. The van der Waals surface area contributed by atoms with E-state index in [9.17, 15) is 9.59 Å². The highest BCUT2D eigenvalue weighted by Crippen LogP contribution is 2.19. The maximum Gasteiger partial charge on any atom is 0.240 e. The van der Waals surface area contributed by atoms with Crippen LogP contribution in [0.1, 0.15) is 27.7 Å². The molecule has 16 heavy (non-hydrogen) atoms. The van der Waals surface area contributed by atoms with Gasteiger partial charge in [0.2, 0.25) is 11.8 Å². The molecule has 0 aromatic rings. The van der Waals surface area contributed by atoms with Crippen LogP contribution in [0.25, 0.3) is 0 Å². The van der Waals surface area contributed by atoms with Gasteiger partial charge in [-0.1, -0.05) is 27.7 Å². The van der Waals surface area contributed by atoms with E-state index in [2.05, 4.69) is 10.6 Å². The average Bonchev–Trinajstić information content (AvgIpc) is 2.11. The predicted molar refractivity (Wildman–Crippen MR) is 63.7 cm³/mol. The predicted octanol–water partition coefficient (Wildman–Crippen LogP) is -0.142. The van der Waals surface area contributed by atoms with E-state index in [0.717, 1.165) is 0 Å². The molecule has 0 rings (SSSR count). The summed E-state index contributed by atoms with van der Waals surface area (Å²) in [5, 5.41) is 5.60. The second-order valence-corrected chi connectivity index (χ2v) is 5.17. The number of nitrogens with two attached hydrogens (primary N) is 1. The Labute approximate surface area is 97.2 Å². The number of hydrogen-bond acceptors (Lipinski definition) is 3. The molecule has 0 aliphatic carbocycles. The molecule has 2 atom stereocenters. The fourth-order valence-corrected chi connectivity index (χ4v) is 1.40. The van der Waals surface area contributed by atoms with Crippen molar-refractivity contribution in [2.24, 2.45) is 17.1 Å². The molecular weight excluding hydrogens is 206 g/mol. The van der Waals surface area contributed by atoms with Gasteiger partial charge in [-0.05, 0) is 12.5 Å². The number of nitrogens with one attached hydrogen (secondary N) is 2. The standard InChI is InChI=1S/C11H23N3O2/c1-7(6-13-5)10(16)14-8(9(12)15)11(2,3)4/h7-8,13H,6H2,1-5H3,(H2,12,15)(H,14,16). The maximum absolute atomic E-state index is 11.7. The Morgan fingerprint density at radius 3 is 2.12 bits per heavy atom. The van der Waals surface area contributed by atoms with Crippen LogP contribution in [0.3, 0.4) is 0 Å². The summed E-state index contributed by atoms with van der Waals surface area (Å²) < 4.78 is 0. The molecule has 0 fully saturated rings. The largest absolute Gasteiger partial charge is 0.368 e. The number of rotatable bonds is 5. The molecule has 0 aliphatic heterocycles. The van der Waals surface area contributed by atoms with Crippen LogP contribution in [0.2, 0.25) is 0 Å². The highest BCUT2D eigenvalue weighted by Gasteiger charge is 2.31. The lowest BCUT2D eigenvalue weighted by molar-refractivity contribution is -0.131. The summed E-state index contributed by atoms with van der Waals surface area (Å²) in [6.45, 7) is 7.97. The third kappa shape index (κ3) is 4.61. The van der Waals surface area contributed by atoms with Gasteiger partial charge in [-0.2, -0.15) is 0 Å². The van der Waals surface area contributed by atoms with Crippen LogP contribution in [-0.4, -0.2) is 31.4 Å². The summed E-state index contributed by atoms with van der Waals surface area (Å²) >= 11 is 0. The van der Waals surface area contributed by atoms with Crippen molar-refractivity contribution in [2.75, 3.05) is 13.6 Å². The van der Waals surface area contributed by atoms with Crippen LogP contribution in [0.5, 0.6) is 0 Å². The molecule has 94 valence electrons. The Kier molecular flexibility index (Phi) is 5.44. The zero-order chi connectivity index (χ0) is 12.9. The van der Waals surface area contributed by atoms with Gasteiger partial charge in [0, 0.05) is 12.5 Å². The monoisotopic (exact) mass is 229 g/mol. The van der Waals surface area contributed by atoms with Crippen LogP contribution < -0.4 is 16.4 Å². The fraction of sp³-hybridized carbons (Fsp3) is 0.818. The third-order valence-corrected chi connectivity index (χ3v) is 2.40. The topological polar surface area (TPSA) is 84.2 Å². The fourth-order valence-electron chi connectivity index (χ4n) is 1.40. The average molecular weight is 229 g/mol. The molecule has 0 spiro atoms. The molecule has 0 aromatic heterocycles. The quantitative estimate of drug-likeness (QED) is 0.613. The second kappa shape index (κ2) is 5.84. The van der Waals surface area contributed by atoms with Crippen LogP contribution in [0.15, 0.2) is 0 Å². The van der Waals surface area contributed by atoms with E-state index in [1.54, 1.807) is 14.0 Å². The molecule has 0 aromatic carbocycles. The van der Waals surface area contributed by atoms with Gasteiger partial charge in [-0.25, -0.2) is 0 Å². The van der Waals surface area contributed by atoms with Crippen LogP contribution >= 0.6 is 0 Å². The van der Waals surface area contributed by atoms with Crippen molar-refractivity contribution in [3.8, 4) is 0 Å². The normalized spacial score (nSPS) is 15.3. The summed E-state index contributed by atoms with van der Waals surface area (Å²) in [6, 6.07) is -0.640. The summed E-state index contributed by atoms with van der Waals surface area (Å²) in [4.78, 5) is 23.0. The van der Waals surface area contributed by atoms with Crippen LogP contribution in [0, 0.1) is 11.3 Å². The molecule has 0 radical (unpaired) electrons. The van der Waals surface area contributed by atoms with E-state index in [4.69, 9.17) is 5.73 Å². The zero-order valence-corrected chi connectivity index (χ0v) is 10.8. The molecular formula is C11H23N3O2. The van der Waals surface area contributed by atoms with E-state index in [1.807, 2.05) is 20.8 Å². The first-order valence-electron chi connectivity index (χ1n) is 5.44. The SMILES string of the molecule is CNCC(C)C(=O)NC(C(N)=O)C(C)(C)C. The Balaban J connectivity index is 4.54. The number of amides is 2. The van der Waals surface area contributed by atoms with Gasteiger partial charge in [0.15, 0.2) is 0 Å². The number of carbonyl (C=O) groups is 2. The Bertz CT molecular complexity index is 258. The molecule has 5 nitrogen and oxygen atoms in total. The summed E-state index contributed by atoms with van der Waals surface area (Å²) in [6.07, 6.45) is 0. The molecule has 0 bridgehead atoms. The van der Waals surface area contributed by atoms with E-state index in [1.165, 1.54) is 0 Å². The van der Waals surface area contributed by atoms with E-state index >= 15 is 0 Å². The number of hydrogen-bond donors (Lipinski definition) is 3. The van der Waals surface area contributed by atoms with Crippen molar-refractivity contribution in [1.29, 1.82) is 0 Å². The Hall–Kier alpha value is -1.10. The molecule has 2 unspecified atom stereocenters.